The first-order chi connectivity index (χ1) is 14.7. The molecule has 168 valence electrons. The predicted molar refractivity (Wildman–Crippen MR) is 120 cm³/mol. The molecule has 2 N–H and O–H groups in total. The van der Waals surface area contributed by atoms with E-state index in [1.165, 1.54) is 139 Å². The van der Waals surface area contributed by atoms with Crippen LogP contribution in [-0.2, 0) is 0 Å². The predicted octanol–water partition coefficient (Wildman–Crippen LogP) is 5.00. The highest BCUT2D eigenvalue weighted by Crippen LogP contribution is 2.20. The fourth-order valence-corrected chi connectivity index (χ4v) is 3.87. The number of piperidine rings is 1. The summed E-state index contributed by atoms with van der Waals surface area (Å²) in [5, 5.41) is 33.4. The minimum Gasteiger partial charge on any atom is -0.324 e. The van der Waals surface area contributed by atoms with Crippen molar-refractivity contribution in [1.29, 1.82) is 21.0 Å². The zero-order valence-corrected chi connectivity index (χ0v) is 19.3. The first-order valence-electron chi connectivity index (χ1n) is 11.6. The van der Waals surface area contributed by atoms with Gasteiger partial charge in [0.2, 0.25) is 0 Å². The van der Waals surface area contributed by atoms with Gasteiger partial charge in [-0.3, -0.25) is 0 Å². The Hall–Kier alpha value is -2.48. The fraction of sp³-hybridized carbons (Fsp3) is 0.826. The van der Waals surface area contributed by atoms with Crippen LogP contribution in [0.15, 0.2) is 0 Å². The van der Waals surface area contributed by atoms with Crippen LogP contribution < -0.4 is 10.6 Å². The van der Waals surface area contributed by atoms with Gasteiger partial charge < -0.3 is 4.48 Å². The zero-order valence-electron chi connectivity index (χ0n) is 19.3. The molecule has 1 heterocycles. The highest BCUT2D eigenvalue weighted by Gasteiger charge is 2.26. The maximum absolute atomic E-state index is 7.48. The summed E-state index contributed by atoms with van der Waals surface area (Å²) in [6, 6.07) is 0. The van der Waals surface area contributed by atoms with Gasteiger partial charge in [-0.15, -0.1) is 0 Å². The molecule has 7 nitrogen and oxygen atoms in total. The molecule has 0 spiro atoms. The molecule has 7 heteroatoms. The molecule has 1 fully saturated rings. The van der Waals surface area contributed by atoms with Gasteiger partial charge >= 0.3 is 0 Å². The van der Waals surface area contributed by atoms with E-state index in [0.29, 0.717) is 0 Å². The quantitative estimate of drug-likeness (QED) is 0.200. The molecule has 0 bridgehead atoms. The lowest BCUT2D eigenvalue weighted by atomic mass is 10.0. The molecule has 0 aromatic heterocycles. The van der Waals surface area contributed by atoms with Crippen molar-refractivity contribution in [2.45, 2.75) is 97.3 Å². The Morgan fingerprint density at radius 3 is 1.33 bits per heavy atom. The summed E-state index contributed by atoms with van der Waals surface area (Å²) >= 11 is 0. The van der Waals surface area contributed by atoms with E-state index in [4.69, 9.17) is 21.0 Å². The number of rotatable bonds is 12. The number of nitrogens with zero attached hydrogens (tertiary/aromatic N) is 5. The van der Waals surface area contributed by atoms with E-state index in [1.807, 2.05) is 0 Å². The molecule has 0 aromatic rings. The van der Waals surface area contributed by atoms with Gasteiger partial charge in [-0.2, -0.15) is 21.0 Å². The highest BCUT2D eigenvalue weighted by atomic mass is 15.3. The summed E-state index contributed by atoms with van der Waals surface area (Å²) in [5.74, 6) is 0. The van der Waals surface area contributed by atoms with Crippen LogP contribution in [0.1, 0.15) is 97.3 Å². The van der Waals surface area contributed by atoms with Gasteiger partial charge in [0, 0.05) is 0 Å². The topological polar surface area (TPSA) is 119 Å². The summed E-state index contributed by atoms with van der Waals surface area (Å²) in [6.45, 7) is 10.5. The van der Waals surface area contributed by atoms with Gasteiger partial charge in [0.1, 0.15) is 0 Å². The normalized spacial score (nSPS) is 13.4. The molecule has 1 aliphatic heterocycles. The third kappa shape index (κ3) is 20.3. The van der Waals surface area contributed by atoms with E-state index in [0.717, 1.165) is 0 Å². The van der Waals surface area contributed by atoms with E-state index in [9.17, 15) is 0 Å². The molecule has 0 radical (unpaired) electrons. The van der Waals surface area contributed by atoms with Gasteiger partial charge in [0.15, 0.2) is 24.8 Å². The standard InChI is InChI=1S/C19H40N.2C2HN3/c1-3-5-6-7-8-9-10-11-12-14-17-20(4-2)18-15-13-16-19-20;2*3-1-5-2-4/h3-19H2,1-2H3;2*5H/q+1;;. The minimum absolute atomic E-state index is 1.37. The average Bonchev–Trinajstić information content (AvgIpc) is 2.78. The fourth-order valence-electron chi connectivity index (χ4n) is 3.87. The summed E-state index contributed by atoms with van der Waals surface area (Å²) in [4.78, 5) is 0. The highest BCUT2D eigenvalue weighted by molar-refractivity contribution is 4.77. The Morgan fingerprint density at radius 1 is 0.600 bits per heavy atom. The number of hydrogen-bond acceptors (Lipinski definition) is 6. The number of unbranched alkanes of at least 4 members (excludes halogenated alkanes) is 9. The van der Waals surface area contributed by atoms with Crippen molar-refractivity contribution < 1.29 is 4.48 Å². The molecule has 1 rings (SSSR count). The third-order valence-corrected chi connectivity index (χ3v) is 5.65. The van der Waals surface area contributed by atoms with E-state index >= 15 is 0 Å². The van der Waals surface area contributed by atoms with Crippen molar-refractivity contribution in [1.82, 2.24) is 10.6 Å². The van der Waals surface area contributed by atoms with Crippen LogP contribution in [0.25, 0.3) is 0 Å². The second-order valence-corrected chi connectivity index (χ2v) is 7.77. The van der Waals surface area contributed by atoms with Crippen LogP contribution in [-0.4, -0.2) is 30.7 Å². The van der Waals surface area contributed by atoms with Crippen LogP contribution in [0, 0.1) is 45.8 Å². The van der Waals surface area contributed by atoms with Gasteiger partial charge in [0.05, 0.1) is 26.2 Å². The van der Waals surface area contributed by atoms with Crippen LogP contribution >= 0.6 is 0 Å². The minimum atomic E-state index is 1.37. The van der Waals surface area contributed by atoms with Crippen LogP contribution in [0.5, 0.6) is 0 Å². The number of nitrogens with one attached hydrogen (secondary N) is 2. The van der Waals surface area contributed by atoms with Gasteiger partial charge in [-0.1, -0.05) is 58.3 Å². The Balaban J connectivity index is 0. The van der Waals surface area contributed by atoms with Gasteiger partial charge in [0.25, 0.3) is 0 Å². The summed E-state index contributed by atoms with van der Waals surface area (Å²) < 4.78 is 1.44. The second kappa shape index (κ2) is 24.6. The van der Waals surface area contributed by atoms with E-state index < -0.39 is 0 Å². The first-order valence-corrected chi connectivity index (χ1v) is 11.6. The first kappa shape index (κ1) is 29.7. The van der Waals surface area contributed by atoms with Crippen molar-refractivity contribution in [2.24, 2.45) is 0 Å². The van der Waals surface area contributed by atoms with Crippen molar-refractivity contribution in [3.8, 4) is 24.8 Å². The Morgan fingerprint density at radius 2 is 1.00 bits per heavy atom. The van der Waals surface area contributed by atoms with Crippen LogP contribution in [0.4, 0.5) is 0 Å². The number of hydrogen-bond donors (Lipinski definition) is 2. The molecule has 0 unspecified atom stereocenters. The van der Waals surface area contributed by atoms with Crippen molar-refractivity contribution in [3.63, 3.8) is 0 Å². The largest absolute Gasteiger partial charge is 0.324 e. The number of nitriles is 4. The molecule has 0 amide bonds. The van der Waals surface area contributed by atoms with Crippen LogP contribution in [0.2, 0.25) is 0 Å². The molecule has 0 saturated carbocycles. The number of likely N-dealkylation sites (tertiary alicyclic amines) is 1. The zero-order chi connectivity index (χ0) is 22.8. The lowest BCUT2D eigenvalue weighted by Crippen LogP contribution is -2.51. The monoisotopic (exact) mass is 416 g/mol. The molecular weight excluding hydrogens is 374 g/mol. The average molecular weight is 417 g/mol. The molecular formula is C23H42N7+. The Labute approximate surface area is 184 Å². The smallest absolute Gasteiger partial charge is 0.190 e. The maximum atomic E-state index is 7.48. The number of quaternary nitrogens is 1. The van der Waals surface area contributed by atoms with Crippen molar-refractivity contribution in [2.75, 3.05) is 26.2 Å². The lowest BCUT2D eigenvalue weighted by molar-refractivity contribution is -0.931. The summed E-state index contributed by atoms with van der Waals surface area (Å²) in [5.41, 5.74) is 0. The molecule has 0 aliphatic carbocycles. The second-order valence-electron chi connectivity index (χ2n) is 7.77. The van der Waals surface area contributed by atoms with E-state index in [1.54, 1.807) is 10.6 Å². The van der Waals surface area contributed by atoms with Crippen molar-refractivity contribution >= 4 is 0 Å². The summed E-state index contributed by atoms with van der Waals surface area (Å²) in [6.07, 6.45) is 24.7. The Kier molecular flexibility index (Phi) is 24.3. The van der Waals surface area contributed by atoms with Gasteiger partial charge in [-0.05, 0) is 39.0 Å². The van der Waals surface area contributed by atoms with Crippen LogP contribution in [0.3, 0.4) is 0 Å². The van der Waals surface area contributed by atoms with E-state index in [2.05, 4.69) is 13.8 Å². The summed E-state index contributed by atoms with van der Waals surface area (Å²) in [7, 11) is 0. The lowest BCUT2D eigenvalue weighted by Gasteiger charge is -2.41. The van der Waals surface area contributed by atoms with E-state index in [-0.39, 0.29) is 0 Å². The molecule has 1 saturated heterocycles. The Bertz CT molecular complexity index is 478. The molecule has 30 heavy (non-hydrogen) atoms. The van der Waals surface area contributed by atoms with Gasteiger partial charge in [-0.25, -0.2) is 10.6 Å². The molecule has 0 atom stereocenters. The third-order valence-electron chi connectivity index (χ3n) is 5.65. The molecule has 0 aromatic carbocycles. The maximum Gasteiger partial charge on any atom is 0.190 e. The molecule has 1 aliphatic rings. The SMILES string of the molecule is CCCCCCCCCCCC[N+]1(CC)CCCCC1.N#CNC#N.N#CNC#N. The van der Waals surface area contributed by atoms with Crippen molar-refractivity contribution in [3.05, 3.63) is 0 Å².